The van der Waals surface area contributed by atoms with E-state index in [0.29, 0.717) is 11.3 Å². The van der Waals surface area contributed by atoms with Gasteiger partial charge in [-0.2, -0.15) is 0 Å². The minimum Gasteiger partial charge on any atom is -0.455 e. The van der Waals surface area contributed by atoms with Crippen LogP contribution in [0.3, 0.4) is 0 Å². The lowest BCUT2D eigenvalue weighted by Crippen LogP contribution is -2.48. The number of nitrogens with zero attached hydrogens (tertiary/aromatic N) is 3. The molecule has 0 atom stereocenters. The molecule has 0 spiro atoms. The average Bonchev–Trinajstić information content (AvgIpc) is 3.80. The highest BCUT2D eigenvalue weighted by molar-refractivity contribution is 6.24. The van der Waals surface area contributed by atoms with Crippen LogP contribution in [-0.2, 0) is 10.8 Å². The highest BCUT2D eigenvalue weighted by Crippen LogP contribution is 2.57. The van der Waals surface area contributed by atoms with Crippen molar-refractivity contribution in [2.24, 2.45) is 5.41 Å². The van der Waals surface area contributed by atoms with Crippen molar-refractivity contribution in [1.29, 1.82) is 0 Å². The first-order chi connectivity index (χ1) is 22.9. The number of furan rings is 2. The third kappa shape index (κ3) is 4.01. The summed E-state index contributed by atoms with van der Waals surface area (Å²) in [5.74, 6) is 1.39. The Morgan fingerprint density at radius 2 is 1.52 bits per heavy atom. The Kier molecular flexibility index (Phi) is 5.83. The van der Waals surface area contributed by atoms with Crippen LogP contribution in [0.25, 0.3) is 44.4 Å². The zero-order valence-corrected chi connectivity index (χ0v) is 28.5. The number of anilines is 2. The van der Waals surface area contributed by atoms with Crippen LogP contribution in [0.1, 0.15) is 59.6 Å². The monoisotopic (exact) mass is 633 g/mol. The number of benzene rings is 4. The predicted molar refractivity (Wildman–Crippen MR) is 194 cm³/mol. The number of ether oxygens (including phenoxy) is 1. The molecule has 0 radical (unpaired) electrons. The first kappa shape index (κ1) is 29.0. The highest BCUT2D eigenvalue weighted by atomic mass is 16.5. The molecular formula is C42H39N3O3. The number of para-hydroxylation sites is 1. The Balaban J connectivity index is 1.19. The van der Waals surface area contributed by atoms with Crippen LogP contribution < -0.4 is 14.5 Å². The van der Waals surface area contributed by atoms with Gasteiger partial charge in [0.2, 0.25) is 0 Å². The van der Waals surface area contributed by atoms with E-state index in [1.807, 2.05) is 30.5 Å². The van der Waals surface area contributed by atoms with Crippen LogP contribution in [-0.4, -0.2) is 11.7 Å². The molecule has 7 aromatic rings. The molecule has 0 aliphatic carbocycles. The zero-order valence-electron chi connectivity index (χ0n) is 28.5. The van der Waals surface area contributed by atoms with Crippen molar-refractivity contribution < 1.29 is 13.6 Å². The van der Waals surface area contributed by atoms with Crippen molar-refractivity contribution in [3.8, 4) is 22.8 Å². The van der Waals surface area contributed by atoms with E-state index in [9.17, 15) is 0 Å². The quantitative estimate of drug-likeness (QED) is 0.192. The normalized spacial score (nSPS) is 16.9. The first-order valence-electron chi connectivity index (χ1n) is 16.7. The van der Waals surface area contributed by atoms with Gasteiger partial charge in [0.05, 0.1) is 28.8 Å². The molecule has 0 bridgehead atoms. The number of allylic oxidation sites excluding steroid dienone is 1. The van der Waals surface area contributed by atoms with Crippen molar-refractivity contribution in [1.82, 2.24) is 4.98 Å². The lowest BCUT2D eigenvalue weighted by Gasteiger charge is -2.51. The summed E-state index contributed by atoms with van der Waals surface area (Å²) in [5, 5.41) is 1.91. The van der Waals surface area contributed by atoms with Gasteiger partial charge in [-0.25, -0.2) is 0 Å². The molecule has 0 unspecified atom stereocenters. The molecule has 9 rings (SSSR count). The maximum atomic E-state index is 6.87. The number of fused-ring (bicyclic) bond motifs is 3. The number of rotatable bonds is 4. The molecule has 0 saturated heterocycles. The van der Waals surface area contributed by atoms with Gasteiger partial charge in [-0.1, -0.05) is 78.8 Å². The third-order valence-electron chi connectivity index (χ3n) is 11.1. The SMILES string of the molecule is CC(C)(C)c1ccnc(-c2cc(Oc3ccc4c(c3)N3CN(c5ccccc5)C=C3C(C)(C)C4(C)C)c3oc4cccc5oc2c3c45)c1. The molecule has 2 aliphatic rings. The molecule has 6 nitrogen and oxygen atoms in total. The summed E-state index contributed by atoms with van der Waals surface area (Å²) in [6.45, 7) is 16.8. The number of hydrogen-bond acceptors (Lipinski definition) is 6. The van der Waals surface area contributed by atoms with Gasteiger partial charge in [-0.05, 0) is 65.1 Å². The molecule has 240 valence electrons. The maximum absolute atomic E-state index is 6.87. The minimum atomic E-state index is -0.118. The molecule has 2 aliphatic heterocycles. The second kappa shape index (κ2) is 9.66. The predicted octanol–water partition coefficient (Wildman–Crippen LogP) is 11.4. The molecule has 6 heteroatoms. The Labute approximate surface area is 280 Å². The van der Waals surface area contributed by atoms with E-state index in [4.69, 9.17) is 18.6 Å². The van der Waals surface area contributed by atoms with E-state index in [1.54, 1.807) is 0 Å². The van der Waals surface area contributed by atoms with Gasteiger partial charge in [0.25, 0.3) is 0 Å². The molecular weight excluding hydrogens is 594 g/mol. The van der Waals surface area contributed by atoms with Crippen molar-refractivity contribution in [2.75, 3.05) is 16.5 Å². The van der Waals surface area contributed by atoms with Gasteiger partial charge in [0.1, 0.15) is 22.5 Å². The van der Waals surface area contributed by atoms with Crippen molar-refractivity contribution in [3.05, 3.63) is 114 Å². The summed E-state index contributed by atoms with van der Waals surface area (Å²) >= 11 is 0. The molecule has 3 aromatic heterocycles. The van der Waals surface area contributed by atoms with Crippen molar-refractivity contribution in [3.63, 3.8) is 0 Å². The van der Waals surface area contributed by atoms with Gasteiger partial charge in [0, 0.05) is 46.2 Å². The summed E-state index contributed by atoms with van der Waals surface area (Å²) in [6, 6.07) is 29.3. The van der Waals surface area contributed by atoms with E-state index in [2.05, 4.69) is 125 Å². The summed E-state index contributed by atoms with van der Waals surface area (Å²) in [4.78, 5) is 9.60. The third-order valence-corrected chi connectivity index (χ3v) is 11.1. The van der Waals surface area contributed by atoms with Gasteiger partial charge in [-0.3, -0.25) is 4.98 Å². The summed E-state index contributed by atoms with van der Waals surface area (Å²) in [6.07, 6.45) is 4.20. The lowest BCUT2D eigenvalue weighted by molar-refractivity contribution is 0.235. The smallest absolute Gasteiger partial charge is 0.181 e. The Hall–Kier alpha value is -5.23. The first-order valence-corrected chi connectivity index (χ1v) is 16.7. The minimum absolute atomic E-state index is 0.0291. The summed E-state index contributed by atoms with van der Waals surface area (Å²) < 4.78 is 19.9. The molecule has 0 N–H and O–H groups in total. The van der Waals surface area contributed by atoms with Gasteiger partial charge >= 0.3 is 0 Å². The average molecular weight is 634 g/mol. The molecule has 48 heavy (non-hydrogen) atoms. The maximum Gasteiger partial charge on any atom is 0.181 e. The standard InChI is InChI=1S/C42H39N3O3/c1-40(2,3)25-18-19-43-30(20-25)28-22-34(39-37-36-32(47-38(28)37)14-11-15-33(36)48-39)46-27-16-17-29-31(21-27)45-24-44(26-12-9-8-10-13-26)23-35(45)42(6,7)41(29,4)5/h8-23H,24H2,1-7H3. The fourth-order valence-corrected chi connectivity index (χ4v) is 7.59. The summed E-state index contributed by atoms with van der Waals surface area (Å²) in [5.41, 5.74) is 10.6. The Morgan fingerprint density at radius 3 is 2.27 bits per heavy atom. The molecule has 4 aromatic carbocycles. The second-order valence-corrected chi connectivity index (χ2v) is 15.4. The summed E-state index contributed by atoms with van der Waals surface area (Å²) in [7, 11) is 0. The zero-order chi connectivity index (χ0) is 33.2. The Morgan fingerprint density at radius 1 is 0.771 bits per heavy atom. The van der Waals surface area contributed by atoms with Crippen LogP contribution in [0.4, 0.5) is 11.4 Å². The van der Waals surface area contributed by atoms with E-state index < -0.39 is 0 Å². The molecule has 0 amide bonds. The van der Waals surface area contributed by atoms with Crippen LogP contribution in [0.2, 0.25) is 0 Å². The fourth-order valence-electron chi connectivity index (χ4n) is 7.59. The van der Waals surface area contributed by atoms with Crippen molar-refractivity contribution >= 4 is 44.5 Å². The van der Waals surface area contributed by atoms with Gasteiger partial charge in [-0.15, -0.1) is 0 Å². The number of aromatic nitrogens is 1. The van der Waals surface area contributed by atoms with Crippen LogP contribution >= 0.6 is 0 Å². The topological polar surface area (TPSA) is 54.9 Å². The van der Waals surface area contributed by atoms with Crippen LogP contribution in [0.5, 0.6) is 11.5 Å². The molecule has 5 heterocycles. The lowest BCUT2D eigenvalue weighted by atomic mass is 9.60. The van der Waals surface area contributed by atoms with Gasteiger partial charge < -0.3 is 23.4 Å². The van der Waals surface area contributed by atoms with E-state index in [1.165, 1.54) is 22.5 Å². The second-order valence-electron chi connectivity index (χ2n) is 15.4. The van der Waals surface area contributed by atoms with Crippen molar-refractivity contribution in [2.45, 2.75) is 59.3 Å². The van der Waals surface area contributed by atoms with Gasteiger partial charge in [0.15, 0.2) is 11.3 Å². The van der Waals surface area contributed by atoms with E-state index >= 15 is 0 Å². The van der Waals surface area contributed by atoms with E-state index in [0.717, 1.165) is 56.9 Å². The van der Waals surface area contributed by atoms with E-state index in [-0.39, 0.29) is 16.2 Å². The molecule has 0 saturated carbocycles. The largest absolute Gasteiger partial charge is 0.455 e. The molecule has 0 fully saturated rings. The highest BCUT2D eigenvalue weighted by Gasteiger charge is 2.51. The number of pyridine rings is 1. The number of hydrogen-bond donors (Lipinski definition) is 0. The van der Waals surface area contributed by atoms with Crippen LogP contribution in [0, 0.1) is 5.41 Å². The Bertz CT molecular complexity index is 2400. The fraction of sp³-hybridized carbons (Fsp3) is 0.262. The van der Waals surface area contributed by atoms with Crippen LogP contribution in [0.15, 0.2) is 112 Å².